The second-order valence-electron chi connectivity index (χ2n) is 3.84. The van der Waals surface area contributed by atoms with E-state index in [1.54, 1.807) is 12.1 Å². The van der Waals surface area contributed by atoms with Crippen molar-refractivity contribution in [2.45, 2.75) is 0 Å². The molecule has 4 nitrogen and oxygen atoms in total. The minimum atomic E-state index is -0.436. The molecule has 0 fully saturated rings. The van der Waals surface area contributed by atoms with E-state index in [1.165, 1.54) is 6.07 Å². The fourth-order valence-electron chi connectivity index (χ4n) is 1.74. The number of fused-ring (bicyclic) bond motifs is 1. The molecule has 0 aliphatic carbocycles. The van der Waals surface area contributed by atoms with E-state index in [0.29, 0.717) is 5.82 Å². The second-order valence-corrected chi connectivity index (χ2v) is 4.75. The first-order valence-electron chi connectivity index (χ1n) is 5.21. The topological polar surface area (TPSA) is 56.2 Å². The quantitative estimate of drug-likeness (QED) is 0.703. The molecule has 6 heteroatoms. The van der Waals surface area contributed by atoms with Crippen molar-refractivity contribution in [1.82, 2.24) is 14.6 Å². The molecule has 3 aromatic rings. The molecule has 3 rings (SSSR count). The van der Waals surface area contributed by atoms with E-state index in [9.17, 15) is 4.39 Å². The molecule has 1 aromatic carbocycles. The molecule has 90 valence electrons. The molecule has 0 saturated heterocycles. The zero-order valence-corrected chi connectivity index (χ0v) is 10.7. The molecule has 0 saturated carbocycles. The first-order valence-corrected chi connectivity index (χ1v) is 6.00. The maximum absolute atomic E-state index is 13.1. The average molecular weight is 307 g/mol. The van der Waals surface area contributed by atoms with E-state index in [1.807, 2.05) is 22.7 Å². The smallest absolute Gasteiger partial charge is 0.168 e. The van der Waals surface area contributed by atoms with Gasteiger partial charge in [0.05, 0.1) is 5.69 Å². The molecule has 0 unspecified atom stereocenters. The van der Waals surface area contributed by atoms with E-state index in [-0.39, 0.29) is 5.69 Å². The molecule has 18 heavy (non-hydrogen) atoms. The highest BCUT2D eigenvalue weighted by atomic mass is 79.9. The van der Waals surface area contributed by atoms with Crippen LogP contribution in [0.3, 0.4) is 0 Å². The van der Waals surface area contributed by atoms with Crippen LogP contribution >= 0.6 is 15.9 Å². The molecule has 2 aromatic heterocycles. The van der Waals surface area contributed by atoms with Crippen LogP contribution in [-0.4, -0.2) is 14.6 Å². The largest absolute Gasteiger partial charge is 0.396 e. The third kappa shape index (κ3) is 1.74. The van der Waals surface area contributed by atoms with Gasteiger partial charge in [-0.15, -0.1) is 10.2 Å². The lowest BCUT2D eigenvalue weighted by molar-refractivity contribution is 0.632. The summed E-state index contributed by atoms with van der Waals surface area (Å²) in [6, 6.07) is 8.22. The van der Waals surface area contributed by atoms with Gasteiger partial charge in [-0.05, 0) is 46.3 Å². The van der Waals surface area contributed by atoms with E-state index >= 15 is 0 Å². The van der Waals surface area contributed by atoms with Crippen molar-refractivity contribution in [3.63, 3.8) is 0 Å². The van der Waals surface area contributed by atoms with Crippen molar-refractivity contribution >= 4 is 27.3 Å². The van der Waals surface area contributed by atoms with Crippen molar-refractivity contribution in [2.75, 3.05) is 5.73 Å². The number of hydrogen-bond donors (Lipinski definition) is 1. The molecule has 0 atom stereocenters. The predicted molar refractivity (Wildman–Crippen MR) is 70.5 cm³/mol. The van der Waals surface area contributed by atoms with E-state index in [0.717, 1.165) is 15.7 Å². The lowest BCUT2D eigenvalue weighted by Crippen LogP contribution is -1.94. The molecular weight excluding hydrogens is 299 g/mol. The summed E-state index contributed by atoms with van der Waals surface area (Å²) in [7, 11) is 0. The summed E-state index contributed by atoms with van der Waals surface area (Å²) in [6.45, 7) is 0. The Balaban J connectivity index is 2.24. The Bertz CT molecular complexity index is 738. The first kappa shape index (κ1) is 11.2. The van der Waals surface area contributed by atoms with Crippen LogP contribution in [0.5, 0.6) is 0 Å². The first-order chi connectivity index (χ1) is 8.65. The molecule has 2 heterocycles. The normalized spacial score (nSPS) is 11.0. The molecule has 2 N–H and O–H groups in total. The van der Waals surface area contributed by atoms with E-state index < -0.39 is 5.82 Å². The zero-order valence-electron chi connectivity index (χ0n) is 9.14. The van der Waals surface area contributed by atoms with Gasteiger partial charge in [0.25, 0.3) is 0 Å². The molecular formula is C12H8BrFN4. The van der Waals surface area contributed by atoms with Crippen LogP contribution in [0.2, 0.25) is 0 Å². The second kappa shape index (κ2) is 4.06. The van der Waals surface area contributed by atoms with E-state index in [4.69, 9.17) is 5.73 Å². The maximum atomic E-state index is 13.1. The van der Waals surface area contributed by atoms with Crippen LogP contribution in [0.4, 0.5) is 10.1 Å². The summed E-state index contributed by atoms with van der Waals surface area (Å²) < 4.78 is 15.9. The third-order valence-corrected chi connectivity index (χ3v) is 3.09. The number of halogens is 2. The Kier molecular flexibility index (Phi) is 2.52. The monoisotopic (exact) mass is 306 g/mol. The summed E-state index contributed by atoms with van der Waals surface area (Å²) >= 11 is 3.39. The summed E-state index contributed by atoms with van der Waals surface area (Å²) in [6.07, 6.45) is 1.85. The molecule has 0 amide bonds. The highest BCUT2D eigenvalue weighted by Crippen LogP contribution is 2.23. The van der Waals surface area contributed by atoms with Gasteiger partial charge in [0.2, 0.25) is 0 Å². The highest BCUT2D eigenvalue weighted by molar-refractivity contribution is 9.10. The number of benzene rings is 1. The lowest BCUT2D eigenvalue weighted by Gasteiger charge is -2.02. The Morgan fingerprint density at radius 2 is 2.00 bits per heavy atom. The predicted octanol–water partition coefficient (Wildman–Crippen LogP) is 2.88. The summed E-state index contributed by atoms with van der Waals surface area (Å²) in [5.41, 5.74) is 7.10. The summed E-state index contributed by atoms with van der Waals surface area (Å²) in [4.78, 5) is 0. The van der Waals surface area contributed by atoms with Gasteiger partial charge in [-0.3, -0.25) is 4.40 Å². The van der Waals surface area contributed by atoms with Crippen molar-refractivity contribution in [1.29, 1.82) is 0 Å². The molecule has 0 spiro atoms. The van der Waals surface area contributed by atoms with Crippen molar-refractivity contribution in [2.24, 2.45) is 0 Å². The van der Waals surface area contributed by atoms with Gasteiger partial charge < -0.3 is 5.73 Å². The Hall–Kier alpha value is -1.95. The van der Waals surface area contributed by atoms with Crippen LogP contribution in [-0.2, 0) is 0 Å². The highest BCUT2D eigenvalue weighted by Gasteiger charge is 2.09. The standard InChI is InChI=1S/C12H8BrFN4/c13-8-2-4-11-16-17-12(18(11)6-8)7-1-3-9(14)10(15)5-7/h1-6H,15H2. The van der Waals surface area contributed by atoms with Gasteiger partial charge in [-0.1, -0.05) is 0 Å². The Labute approximate surface area is 110 Å². The lowest BCUT2D eigenvalue weighted by atomic mass is 10.2. The molecule has 0 aliphatic heterocycles. The Morgan fingerprint density at radius 3 is 2.78 bits per heavy atom. The number of hydrogen-bond acceptors (Lipinski definition) is 3. The minimum Gasteiger partial charge on any atom is -0.396 e. The number of nitrogens with two attached hydrogens (primary N) is 1. The van der Waals surface area contributed by atoms with Gasteiger partial charge in [0, 0.05) is 16.2 Å². The fraction of sp³-hybridized carbons (Fsp3) is 0. The average Bonchev–Trinajstić information content (AvgIpc) is 2.75. The fourth-order valence-corrected chi connectivity index (χ4v) is 2.08. The number of anilines is 1. The van der Waals surface area contributed by atoms with Gasteiger partial charge in [0.15, 0.2) is 11.5 Å². The number of rotatable bonds is 1. The van der Waals surface area contributed by atoms with Gasteiger partial charge in [-0.25, -0.2) is 4.39 Å². The van der Waals surface area contributed by atoms with Crippen LogP contribution in [0.1, 0.15) is 0 Å². The number of nitrogen functional groups attached to an aromatic ring is 1. The van der Waals surface area contributed by atoms with Crippen molar-refractivity contribution in [3.05, 3.63) is 46.8 Å². The Morgan fingerprint density at radius 1 is 1.17 bits per heavy atom. The van der Waals surface area contributed by atoms with Gasteiger partial charge >= 0.3 is 0 Å². The summed E-state index contributed by atoms with van der Waals surface area (Å²) in [5, 5.41) is 8.14. The number of pyridine rings is 1. The van der Waals surface area contributed by atoms with Crippen molar-refractivity contribution in [3.8, 4) is 11.4 Å². The maximum Gasteiger partial charge on any atom is 0.168 e. The van der Waals surface area contributed by atoms with Gasteiger partial charge in [0.1, 0.15) is 5.82 Å². The minimum absolute atomic E-state index is 0.0965. The molecule has 0 bridgehead atoms. The SMILES string of the molecule is Nc1cc(-c2nnc3ccc(Br)cn23)ccc1F. The van der Waals surface area contributed by atoms with Crippen LogP contribution in [0, 0.1) is 5.82 Å². The van der Waals surface area contributed by atoms with Crippen molar-refractivity contribution < 1.29 is 4.39 Å². The van der Waals surface area contributed by atoms with Crippen LogP contribution in [0.25, 0.3) is 17.0 Å². The summed E-state index contributed by atoms with van der Waals surface area (Å²) in [5.74, 6) is 0.187. The molecule has 0 radical (unpaired) electrons. The zero-order chi connectivity index (χ0) is 12.7. The van der Waals surface area contributed by atoms with Crippen LogP contribution in [0.15, 0.2) is 41.0 Å². The van der Waals surface area contributed by atoms with E-state index in [2.05, 4.69) is 26.1 Å². The third-order valence-electron chi connectivity index (χ3n) is 2.62. The van der Waals surface area contributed by atoms with Crippen LogP contribution < -0.4 is 5.73 Å². The number of aromatic nitrogens is 3. The number of nitrogens with zero attached hydrogens (tertiary/aromatic N) is 3. The van der Waals surface area contributed by atoms with Gasteiger partial charge in [-0.2, -0.15) is 0 Å². The molecule has 0 aliphatic rings.